The van der Waals surface area contributed by atoms with Gasteiger partial charge in [0.1, 0.15) is 6.04 Å². The number of anilines is 1. The number of hydrogen-bond donors (Lipinski definition) is 3. The molecule has 1 rings (SSSR count). The van der Waals surface area contributed by atoms with Crippen molar-refractivity contribution in [1.82, 2.24) is 5.32 Å². The summed E-state index contributed by atoms with van der Waals surface area (Å²) in [5, 5.41) is 11.7. The summed E-state index contributed by atoms with van der Waals surface area (Å²) >= 11 is 5.78. The van der Waals surface area contributed by atoms with Gasteiger partial charge in [0.2, 0.25) is 0 Å². The van der Waals surface area contributed by atoms with E-state index in [2.05, 4.69) is 5.32 Å². The van der Waals surface area contributed by atoms with Crippen LogP contribution in [-0.4, -0.2) is 23.0 Å². The Hall–Kier alpha value is -1.75. The molecule has 0 fully saturated rings. The summed E-state index contributed by atoms with van der Waals surface area (Å²) in [7, 11) is 0. The molecular weight excluding hydrogens is 256 g/mol. The van der Waals surface area contributed by atoms with Crippen molar-refractivity contribution in [2.75, 3.05) is 5.73 Å². The topological polar surface area (TPSA) is 92.4 Å². The minimum atomic E-state index is -1.06. The van der Waals surface area contributed by atoms with Crippen LogP contribution in [0.25, 0.3) is 0 Å². The van der Waals surface area contributed by atoms with Crippen LogP contribution in [-0.2, 0) is 4.79 Å². The third kappa shape index (κ3) is 3.92. The van der Waals surface area contributed by atoms with Crippen LogP contribution in [0.15, 0.2) is 18.2 Å². The number of carboxylic acids is 1. The number of nitrogen functional groups attached to an aromatic ring is 1. The minimum Gasteiger partial charge on any atom is -0.480 e. The van der Waals surface area contributed by atoms with E-state index in [1.807, 2.05) is 6.92 Å². The predicted octanol–water partition coefficient (Wildman–Crippen LogP) is 1.91. The zero-order valence-electron chi connectivity index (χ0n) is 9.94. The van der Waals surface area contributed by atoms with Gasteiger partial charge >= 0.3 is 5.97 Å². The van der Waals surface area contributed by atoms with Crippen LogP contribution in [0.3, 0.4) is 0 Å². The molecule has 0 aromatic heterocycles. The van der Waals surface area contributed by atoms with Crippen LogP contribution in [0.5, 0.6) is 0 Å². The van der Waals surface area contributed by atoms with Crippen molar-refractivity contribution in [2.45, 2.75) is 25.8 Å². The molecule has 6 heteroatoms. The van der Waals surface area contributed by atoms with Crippen molar-refractivity contribution < 1.29 is 14.7 Å². The molecule has 0 spiro atoms. The van der Waals surface area contributed by atoms with Crippen LogP contribution in [0.4, 0.5) is 5.69 Å². The molecule has 0 aliphatic heterocycles. The number of carbonyl (C=O) groups excluding carboxylic acids is 1. The van der Waals surface area contributed by atoms with E-state index in [0.717, 1.165) is 0 Å². The summed E-state index contributed by atoms with van der Waals surface area (Å²) < 4.78 is 0. The van der Waals surface area contributed by atoms with Crippen LogP contribution >= 0.6 is 11.6 Å². The number of rotatable bonds is 5. The maximum absolute atomic E-state index is 11.9. The summed E-state index contributed by atoms with van der Waals surface area (Å²) in [6.07, 6.45) is 1.03. The van der Waals surface area contributed by atoms with Gasteiger partial charge in [-0.25, -0.2) is 4.79 Å². The molecule has 1 amide bonds. The van der Waals surface area contributed by atoms with Crippen molar-refractivity contribution >= 4 is 29.2 Å². The van der Waals surface area contributed by atoms with Crippen LogP contribution in [0.2, 0.25) is 5.02 Å². The van der Waals surface area contributed by atoms with Gasteiger partial charge in [0.25, 0.3) is 5.91 Å². The number of nitrogens with one attached hydrogen (secondary N) is 1. The Bertz CT molecular complexity index is 442. The fraction of sp³-hybridized carbons (Fsp3) is 0.333. The largest absolute Gasteiger partial charge is 0.480 e. The monoisotopic (exact) mass is 270 g/mol. The quantitative estimate of drug-likeness (QED) is 0.713. The average molecular weight is 271 g/mol. The Morgan fingerprint density at radius 1 is 1.44 bits per heavy atom. The standard InChI is InChI=1S/C12H15ClN2O3/c1-2-3-10(12(17)18)15-11(16)7-4-8(13)6-9(14)5-7/h4-6,10H,2-3,14H2,1H3,(H,15,16)(H,17,18). The van der Waals surface area contributed by atoms with Crippen molar-refractivity contribution in [3.05, 3.63) is 28.8 Å². The highest BCUT2D eigenvalue weighted by molar-refractivity contribution is 6.31. The van der Waals surface area contributed by atoms with E-state index in [1.54, 1.807) is 0 Å². The van der Waals surface area contributed by atoms with Crippen molar-refractivity contribution in [3.63, 3.8) is 0 Å². The molecule has 98 valence electrons. The predicted molar refractivity (Wildman–Crippen MR) is 69.7 cm³/mol. The summed E-state index contributed by atoms with van der Waals surface area (Å²) in [6, 6.07) is 3.51. The van der Waals surface area contributed by atoms with Crippen LogP contribution in [0, 0.1) is 0 Å². The third-order valence-corrected chi connectivity index (χ3v) is 2.58. The normalized spacial score (nSPS) is 11.9. The Balaban J connectivity index is 2.83. The van der Waals surface area contributed by atoms with Crippen LogP contribution in [0.1, 0.15) is 30.1 Å². The summed E-state index contributed by atoms with van der Waals surface area (Å²) in [6.45, 7) is 1.85. The maximum Gasteiger partial charge on any atom is 0.326 e. The molecule has 0 aliphatic rings. The zero-order valence-corrected chi connectivity index (χ0v) is 10.7. The molecule has 4 N–H and O–H groups in total. The summed E-state index contributed by atoms with van der Waals surface area (Å²) in [5.74, 6) is -1.55. The van der Waals surface area contributed by atoms with Gasteiger partial charge in [-0.3, -0.25) is 4.79 Å². The number of hydrogen-bond acceptors (Lipinski definition) is 3. The lowest BCUT2D eigenvalue weighted by Crippen LogP contribution is -2.40. The fourth-order valence-corrected chi connectivity index (χ4v) is 1.77. The van der Waals surface area contributed by atoms with E-state index in [1.165, 1.54) is 18.2 Å². The van der Waals surface area contributed by atoms with Crippen molar-refractivity contribution in [1.29, 1.82) is 0 Å². The minimum absolute atomic E-state index is 0.252. The van der Waals surface area contributed by atoms with Gasteiger partial charge in [-0.15, -0.1) is 0 Å². The van der Waals surface area contributed by atoms with Gasteiger partial charge in [-0.05, 0) is 24.6 Å². The average Bonchev–Trinajstić information content (AvgIpc) is 2.26. The first-order valence-electron chi connectivity index (χ1n) is 5.53. The first-order chi connectivity index (χ1) is 8.43. The molecule has 0 saturated heterocycles. The second-order valence-corrected chi connectivity index (χ2v) is 4.36. The van der Waals surface area contributed by atoms with Gasteiger partial charge in [0, 0.05) is 16.3 Å². The Morgan fingerprint density at radius 2 is 2.11 bits per heavy atom. The number of nitrogens with two attached hydrogens (primary N) is 1. The number of halogens is 1. The Kier molecular flexibility index (Phi) is 4.97. The van der Waals surface area contributed by atoms with Crippen LogP contribution < -0.4 is 11.1 Å². The highest BCUT2D eigenvalue weighted by atomic mass is 35.5. The third-order valence-electron chi connectivity index (χ3n) is 2.36. The molecule has 1 atom stereocenters. The summed E-state index contributed by atoms with van der Waals surface area (Å²) in [5.41, 5.74) is 6.17. The summed E-state index contributed by atoms with van der Waals surface area (Å²) in [4.78, 5) is 22.8. The lowest BCUT2D eigenvalue weighted by atomic mass is 10.1. The van der Waals surface area contributed by atoms with E-state index in [0.29, 0.717) is 23.6 Å². The number of amides is 1. The van der Waals surface area contributed by atoms with Gasteiger partial charge in [0.05, 0.1) is 0 Å². The highest BCUT2D eigenvalue weighted by Gasteiger charge is 2.19. The second-order valence-electron chi connectivity index (χ2n) is 3.93. The van der Waals surface area contributed by atoms with E-state index < -0.39 is 17.9 Å². The van der Waals surface area contributed by atoms with Crippen molar-refractivity contribution in [3.8, 4) is 0 Å². The number of carboxylic acid groups (broad SMARTS) is 1. The molecule has 0 radical (unpaired) electrons. The van der Waals surface area contributed by atoms with E-state index in [9.17, 15) is 9.59 Å². The Labute approximate surface area is 110 Å². The molecule has 0 heterocycles. The second kappa shape index (κ2) is 6.26. The fourth-order valence-electron chi connectivity index (χ4n) is 1.53. The molecule has 18 heavy (non-hydrogen) atoms. The highest BCUT2D eigenvalue weighted by Crippen LogP contribution is 2.16. The Morgan fingerprint density at radius 3 is 2.61 bits per heavy atom. The molecular formula is C12H15ClN2O3. The van der Waals surface area contributed by atoms with E-state index in [-0.39, 0.29) is 5.56 Å². The molecule has 1 unspecified atom stereocenters. The molecule has 0 aliphatic carbocycles. The van der Waals surface area contributed by atoms with Gasteiger partial charge < -0.3 is 16.2 Å². The SMILES string of the molecule is CCCC(NC(=O)c1cc(N)cc(Cl)c1)C(=O)O. The molecule has 5 nitrogen and oxygen atoms in total. The number of carbonyl (C=O) groups is 2. The zero-order chi connectivity index (χ0) is 13.7. The number of benzene rings is 1. The molecule has 1 aromatic carbocycles. The number of aliphatic carboxylic acids is 1. The molecule has 0 bridgehead atoms. The van der Waals surface area contributed by atoms with E-state index >= 15 is 0 Å². The molecule has 0 saturated carbocycles. The van der Waals surface area contributed by atoms with E-state index in [4.69, 9.17) is 22.4 Å². The lowest BCUT2D eigenvalue weighted by molar-refractivity contribution is -0.139. The van der Waals surface area contributed by atoms with Crippen molar-refractivity contribution in [2.24, 2.45) is 0 Å². The first kappa shape index (κ1) is 14.3. The molecule has 1 aromatic rings. The smallest absolute Gasteiger partial charge is 0.326 e. The maximum atomic E-state index is 11.9. The lowest BCUT2D eigenvalue weighted by Gasteiger charge is -2.13. The first-order valence-corrected chi connectivity index (χ1v) is 5.91. The van der Waals surface area contributed by atoms with Gasteiger partial charge in [-0.1, -0.05) is 24.9 Å². The van der Waals surface area contributed by atoms with Gasteiger partial charge in [0.15, 0.2) is 0 Å². The van der Waals surface area contributed by atoms with Gasteiger partial charge in [-0.2, -0.15) is 0 Å².